The average molecular weight is 373 g/mol. The topological polar surface area (TPSA) is 40.5 Å². The highest BCUT2D eigenvalue weighted by Crippen LogP contribution is 2.26. The number of nitrogens with zero attached hydrogens (tertiary/aromatic N) is 1. The summed E-state index contributed by atoms with van der Waals surface area (Å²) < 4.78 is 12.3. The van der Waals surface area contributed by atoms with Gasteiger partial charge in [-0.05, 0) is 68.8 Å². The summed E-state index contributed by atoms with van der Waals surface area (Å²) in [6.07, 6.45) is 1.27. The fraction of sp³-hybridized carbons (Fsp3) is 0.208. The van der Waals surface area contributed by atoms with Gasteiger partial charge in [-0.3, -0.25) is 4.57 Å². The van der Waals surface area contributed by atoms with Crippen LogP contribution in [0.15, 0.2) is 66.9 Å². The van der Waals surface area contributed by atoms with Gasteiger partial charge < -0.3 is 9.47 Å². The highest BCUT2D eigenvalue weighted by atomic mass is 16.6. The predicted molar refractivity (Wildman–Crippen MR) is 110 cm³/mol. The van der Waals surface area contributed by atoms with Gasteiger partial charge in [0.05, 0.1) is 12.8 Å². The Morgan fingerprint density at radius 2 is 1.57 bits per heavy atom. The Bertz CT molecular complexity index is 1010. The first-order valence-corrected chi connectivity index (χ1v) is 9.03. The largest absolute Gasteiger partial charge is 0.497 e. The molecule has 1 aromatic heterocycles. The summed E-state index contributed by atoms with van der Waals surface area (Å²) in [5.74, 6) is 7.00. The number of methoxy groups -OCH3 is 1. The maximum Gasteiger partial charge on any atom is 0.419 e. The summed E-state index contributed by atoms with van der Waals surface area (Å²) in [4.78, 5) is 12.7. The molecule has 0 aliphatic rings. The van der Waals surface area contributed by atoms with E-state index in [9.17, 15) is 4.79 Å². The van der Waals surface area contributed by atoms with Crippen molar-refractivity contribution >= 4 is 6.09 Å². The van der Waals surface area contributed by atoms with Crippen LogP contribution in [0.4, 0.5) is 4.79 Å². The fourth-order valence-electron chi connectivity index (χ4n) is 2.64. The zero-order valence-corrected chi connectivity index (χ0v) is 16.5. The van der Waals surface area contributed by atoms with Gasteiger partial charge in [-0.25, -0.2) is 4.79 Å². The molecule has 2 aromatic carbocycles. The first-order valence-electron chi connectivity index (χ1n) is 9.03. The second-order valence-electron chi connectivity index (χ2n) is 7.31. The van der Waals surface area contributed by atoms with Gasteiger partial charge in [-0.2, -0.15) is 0 Å². The molecular formula is C24H23NO3. The zero-order chi connectivity index (χ0) is 20.1. The normalized spacial score (nSPS) is 10.7. The van der Waals surface area contributed by atoms with E-state index in [-0.39, 0.29) is 0 Å². The van der Waals surface area contributed by atoms with Crippen molar-refractivity contribution in [3.8, 4) is 28.8 Å². The van der Waals surface area contributed by atoms with Crippen LogP contribution in [0.3, 0.4) is 0 Å². The van der Waals surface area contributed by atoms with E-state index in [0.29, 0.717) is 5.69 Å². The van der Waals surface area contributed by atoms with Gasteiger partial charge in [-0.1, -0.05) is 30.0 Å². The lowest BCUT2D eigenvalue weighted by molar-refractivity contribution is 0.0540. The highest BCUT2D eigenvalue weighted by Gasteiger charge is 2.21. The summed E-state index contributed by atoms with van der Waals surface area (Å²) in [6, 6.07) is 19.1. The molecule has 0 fully saturated rings. The van der Waals surface area contributed by atoms with Gasteiger partial charge >= 0.3 is 6.09 Å². The van der Waals surface area contributed by atoms with Crippen LogP contribution in [0.2, 0.25) is 0 Å². The highest BCUT2D eigenvalue weighted by molar-refractivity contribution is 5.80. The van der Waals surface area contributed by atoms with Crippen LogP contribution in [-0.2, 0) is 4.74 Å². The number of carbonyl (C=O) groups excluding carboxylic acids is 1. The molecule has 3 rings (SSSR count). The first kappa shape index (κ1) is 19.3. The van der Waals surface area contributed by atoms with Gasteiger partial charge in [-0.15, -0.1) is 0 Å². The van der Waals surface area contributed by atoms with Crippen molar-refractivity contribution < 1.29 is 14.3 Å². The number of ether oxygens (including phenoxy) is 2. The van der Waals surface area contributed by atoms with E-state index in [1.807, 2.05) is 81.4 Å². The van der Waals surface area contributed by atoms with Crippen molar-refractivity contribution in [2.75, 3.05) is 7.11 Å². The Hall–Kier alpha value is -3.45. The van der Waals surface area contributed by atoms with Crippen LogP contribution in [0, 0.1) is 11.8 Å². The minimum absolute atomic E-state index is 0.439. The number of hydrogen-bond donors (Lipinski definition) is 0. The van der Waals surface area contributed by atoms with Crippen LogP contribution < -0.4 is 4.74 Å². The molecular weight excluding hydrogens is 350 g/mol. The van der Waals surface area contributed by atoms with Gasteiger partial charge in [0.1, 0.15) is 11.4 Å². The van der Waals surface area contributed by atoms with Crippen molar-refractivity contribution in [1.29, 1.82) is 0 Å². The molecule has 3 aromatic rings. The standard InChI is InChI=1S/C24H23NO3/c1-24(2,3)28-23(26)25-17-19(11-10-18-8-6-5-7-9-18)16-22(25)20-12-14-21(27-4)15-13-20/h5-9,12-17H,1-4H3. The minimum atomic E-state index is -0.589. The summed E-state index contributed by atoms with van der Waals surface area (Å²) >= 11 is 0. The summed E-state index contributed by atoms with van der Waals surface area (Å²) in [7, 11) is 1.62. The van der Waals surface area contributed by atoms with E-state index in [0.717, 1.165) is 22.4 Å². The SMILES string of the molecule is COc1ccc(-c2cc(C#Cc3ccccc3)cn2C(=O)OC(C)(C)C)cc1. The van der Waals surface area contributed by atoms with E-state index in [4.69, 9.17) is 9.47 Å². The van der Waals surface area contributed by atoms with Gasteiger partial charge in [0.2, 0.25) is 0 Å². The third kappa shape index (κ3) is 4.83. The summed E-state index contributed by atoms with van der Waals surface area (Å²) in [5, 5.41) is 0. The monoisotopic (exact) mass is 373 g/mol. The Labute approximate surface area is 165 Å². The van der Waals surface area contributed by atoms with E-state index in [1.165, 1.54) is 4.57 Å². The number of aromatic nitrogens is 1. The molecule has 0 unspecified atom stereocenters. The lowest BCUT2D eigenvalue weighted by atomic mass is 10.1. The van der Waals surface area contributed by atoms with Crippen LogP contribution in [0.1, 0.15) is 31.9 Å². The summed E-state index contributed by atoms with van der Waals surface area (Å²) in [5.41, 5.74) is 2.65. The quantitative estimate of drug-likeness (QED) is 0.569. The number of benzene rings is 2. The third-order valence-corrected chi connectivity index (χ3v) is 3.92. The fourth-order valence-corrected chi connectivity index (χ4v) is 2.64. The molecule has 0 spiro atoms. The Balaban J connectivity index is 2.01. The molecule has 0 atom stereocenters. The molecule has 28 heavy (non-hydrogen) atoms. The molecule has 142 valence electrons. The van der Waals surface area contributed by atoms with E-state index in [1.54, 1.807) is 13.3 Å². The molecule has 0 radical (unpaired) electrons. The predicted octanol–water partition coefficient (Wildman–Crippen LogP) is 5.35. The zero-order valence-electron chi connectivity index (χ0n) is 16.5. The minimum Gasteiger partial charge on any atom is -0.497 e. The van der Waals surface area contributed by atoms with Gasteiger partial charge in [0, 0.05) is 17.3 Å². The van der Waals surface area contributed by atoms with Crippen molar-refractivity contribution in [3.05, 3.63) is 78.0 Å². The van der Waals surface area contributed by atoms with Gasteiger partial charge in [0.15, 0.2) is 0 Å². The maximum atomic E-state index is 12.7. The molecule has 0 amide bonds. The molecule has 0 aliphatic carbocycles. The third-order valence-electron chi connectivity index (χ3n) is 3.92. The lowest BCUT2D eigenvalue weighted by Crippen LogP contribution is -2.27. The van der Waals surface area contributed by atoms with Crippen molar-refractivity contribution in [1.82, 2.24) is 4.57 Å². The van der Waals surface area contributed by atoms with E-state index in [2.05, 4.69) is 11.8 Å². The lowest BCUT2D eigenvalue weighted by Gasteiger charge is -2.20. The van der Waals surface area contributed by atoms with Crippen LogP contribution >= 0.6 is 0 Å². The molecule has 0 bridgehead atoms. The average Bonchev–Trinajstić information content (AvgIpc) is 3.10. The maximum absolute atomic E-state index is 12.7. The summed E-state index contributed by atoms with van der Waals surface area (Å²) in [6.45, 7) is 5.53. The molecule has 0 saturated carbocycles. The Kier molecular flexibility index (Phi) is 5.56. The molecule has 4 nitrogen and oxygen atoms in total. The number of rotatable bonds is 2. The van der Waals surface area contributed by atoms with Gasteiger partial charge in [0.25, 0.3) is 0 Å². The van der Waals surface area contributed by atoms with E-state index >= 15 is 0 Å². The Morgan fingerprint density at radius 3 is 2.18 bits per heavy atom. The molecule has 0 N–H and O–H groups in total. The second-order valence-corrected chi connectivity index (χ2v) is 7.31. The molecule has 0 aliphatic heterocycles. The van der Waals surface area contributed by atoms with Crippen molar-refractivity contribution in [2.45, 2.75) is 26.4 Å². The Morgan fingerprint density at radius 1 is 0.929 bits per heavy atom. The number of hydrogen-bond acceptors (Lipinski definition) is 3. The molecule has 0 saturated heterocycles. The van der Waals surface area contributed by atoms with Crippen LogP contribution in [-0.4, -0.2) is 23.4 Å². The van der Waals surface area contributed by atoms with Crippen LogP contribution in [0.5, 0.6) is 5.75 Å². The molecule has 1 heterocycles. The van der Waals surface area contributed by atoms with Crippen molar-refractivity contribution in [2.24, 2.45) is 0 Å². The van der Waals surface area contributed by atoms with Crippen LogP contribution in [0.25, 0.3) is 11.3 Å². The van der Waals surface area contributed by atoms with Crippen molar-refractivity contribution in [3.63, 3.8) is 0 Å². The second kappa shape index (κ2) is 8.06. The van der Waals surface area contributed by atoms with E-state index < -0.39 is 11.7 Å². The first-order chi connectivity index (χ1) is 13.4. The molecule has 4 heteroatoms. The smallest absolute Gasteiger partial charge is 0.419 e. The number of carbonyl (C=O) groups is 1.